The van der Waals surface area contributed by atoms with Crippen LogP contribution in [0.5, 0.6) is 0 Å². The molecule has 4 heteroatoms. The highest BCUT2D eigenvalue weighted by molar-refractivity contribution is 5.89. The van der Waals surface area contributed by atoms with E-state index in [1.807, 2.05) is 30.5 Å². The van der Waals surface area contributed by atoms with Crippen LogP contribution >= 0.6 is 0 Å². The minimum atomic E-state index is -0.448. The quantitative estimate of drug-likeness (QED) is 0.657. The molecule has 0 aromatic heterocycles. The lowest BCUT2D eigenvalue weighted by atomic mass is 9.86. The average molecular weight is 342 g/mol. The van der Waals surface area contributed by atoms with E-state index in [1.54, 1.807) is 7.11 Å². The number of methoxy groups -OCH3 is 1. The van der Waals surface area contributed by atoms with E-state index >= 15 is 0 Å². The van der Waals surface area contributed by atoms with Crippen LogP contribution in [-0.4, -0.2) is 25.1 Å². The topological polar surface area (TPSA) is 43.2 Å². The SMILES string of the molecule is COC1=NC(OC2=NC=CC(C(C)(C)C)=CC2)C=C(C(C)(C)C)C=C1. The molecule has 0 aliphatic carbocycles. The Balaban J connectivity index is 2.21. The summed E-state index contributed by atoms with van der Waals surface area (Å²) in [5, 5.41) is 0. The molecule has 4 nitrogen and oxygen atoms in total. The summed E-state index contributed by atoms with van der Waals surface area (Å²) in [5.41, 5.74) is 2.50. The molecule has 0 aromatic rings. The van der Waals surface area contributed by atoms with Crippen molar-refractivity contribution >= 4 is 11.8 Å². The van der Waals surface area contributed by atoms with Crippen molar-refractivity contribution in [3.63, 3.8) is 0 Å². The predicted molar refractivity (Wildman–Crippen MR) is 105 cm³/mol. The van der Waals surface area contributed by atoms with Crippen LogP contribution in [0, 0.1) is 10.8 Å². The summed E-state index contributed by atoms with van der Waals surface area (Å²) in [6.45, 7) is 13.1. The van der Waals surface area contributed by atoms with Crippen LogP contribution < -0.4 is 0 Å². The van der Waals surface area contributed by atoms with Crippen molar-refractivity contribution in [2.45, 2.75) is 54.2 Å². The van der Waals surface area contributed by atoms with Crippen molar-refractivity contribution in [3.05, 3.63) is 47.7 Å². The van der Waals surface area contributed by atoms with Gasteiger partial charge in [0.1, 0.15) is 0 Å². The van der Waals surface area contributed by atoms with Crippen molar-refractivity contribution < 1.29 is 9.47 Å². The average Bonchev–Trinajstić information content (AvgIpc) is 2.84. The number of allylic oxidation sites excluding steroid dienone is 4. The molecule has 136 valence electrons. The van der Waals surface area contributed by atoms with E-state index in [-0.39, 0.29) is 10.8 Å². The monoisotopic (exact) mass is 342 g/mol. The molecule has 2 heterocycles. The molecule has 2 aliphatic rings. The van der Waals surface area contributed by atoms with E-state index in [9.17, 15) is 0 Å². The molecule has 0 aromatic carbocycles. The molecule has 0 radical (unpaired) electrons. The number of aliphatic imine (C=N–C) groups is 2. The zero-order valence-electron chi connectivity index (χ0n) is 16.5. The summed E-state index contributed by atoms with van der Waals surface area (Å²) in [7, 11) is 1.62. The minimum Gasteiger partial charge on any atom is -0.481 e. The number of nitrogens with zero attached hydrogens (tertiary/aromatic N) is 2. The lowest BCUT2D eigenvalue weighted by Gasteiger charge is -2.21. The fourth-order valence-corrected chi connectivity index (χ4v) is 2.55. The Bertz CT molecular complexity index is 678. The van der Waals surface area contributed by atoms with Gasteiger partial charge in [0.15, 0.2) is 5.90 Å². The lowest BCUT2D eigenvalue weighted by molar-refractivity contribution is 0.234. The van der Waals surface area contributed by atoms with Gasteiger partial charge in [0, 0.05) is 18.7 Å². The highest BCUT2D eigenvalue weighted by Crippen LogP contribution is 2.30. The van der Waals surface area contributed by atoms with Gasteiger partial charge in [0.2, 0.25) is 12.1 Å². The molecular weight excluding hydrogens is 312 g/mol. The van der Waals surface area contributed by atoms with E-state index in [1.165, 1.54) is 5.57 Å². The highest BCUT2D eigenvalue weighted by Gasteiger charge is 2.22. The van der Waals surface area contributed by atoms with Crippen molar-refractivity contribution in [2.75, 3.05) is 7.11 Å². The van der Waals surface area contributed by atoms with E-state index in [2.05, 4.69) is 57.6 Å². The maximum atomic E-state index is 6.08. The first-order valence-electron chi connectivity index (χ1n) is 8.72. The molecule has 1 atom stereocenters. The molecule has 0 N–H and O–H groups in total. The van der Waals surface area contributed by atoms with Crippen LogP contribution in [0.4, 0.5) is 0 Å². The van der Waals surface area contributed by atoms with Gasteiger partial charge in [-0.1, -0.05) is 53.7 Å². The molecule has 2 aliphatic heterocycles. The Labute approximate surface area is 151 Å². The second-order valence-corrected chi connectivity index (χ2v) is 8.34. The van der Waals surface area contributed by atoms with Gasteiger partial charge in [-0.15, -0.1) is 0 Å². The van der Waals surface area contributed by atoms with Crippen LogP contribution in [0.25, 0.3) is 0 Å². The van der Waals surface area contributed by atoms with Gasteiger partial charge in [0.25, 0.3) is 0 Å². The maximum absolute atomic E-state index is 6.08. The molecule has 2 rings (SSSR count). The van der Waals surface area contributed by atoms with Crippen LogP contribution in [0.2, 0.25) is 0 Å². The van der Waals surface area contributed by atoms with Gasteiger partial charge in [0.05, 0.1) is 7.11 Å². The summed E-state index contributed by atoms with van der Waals surface area (Å²) in [6.07, 6.45) is 12.2. The molecule has 1 unspecified atom stereocenters. The van der Waals surface area contributed by atoms with Crippen LogP contribution in [0.3, 0.4) is 0 Å². The Kier molecular flexibility index (Phi) is 5.71. The van der Waals surface area contributed by atoms with Gasteiger partial charge in [-0.3, -0.25) is 0 Å². The molecule has 0 saturated carbocycles. The summed E-state index contributed by atoms with van der Waals surface area (Å²) >= 11 is 0. The third-order valence-electron chi connectivity index (χ3n) is 4.15. The summed E-state index contributed by atoms with van der Waals surface area (Å²) < 4.78 is 11.4. The third kappa shape index (κ3) is 5.45. The minimum absolute atomic E-state index is 0.00128. The Hall–Kier alpha value is -2.10. The fourth-order valence-electron chi connectivity index (χ4n) is 2.55. The number of hydrogen-bond acceptors (Lipinski definition) is 4. The standard InChI is InChI=1S/C21H30N2O2/c1-20(2,3)15-8-10-17(22-13-12-15)25-19-14-16(21(4,5)6)9-11-18(23-19)24-7/h8-9,11-14,19H,10H2,1-7H3. The first kappa shape index (κ1) is 19.2. The first-order valence-corrected chi connectivity index (χ1v) is 8.72. The first-order chi connectivity index (χ1) is 11.6. The molecule has 0 fully saturated rings. The van der Waals surface area contributed by atoms with Gasteiger partial charge in [-0.25, -0.2) is 9.98 Å². The maximum Gasteiger partial charge on any atom is 0.214 e. The highest BCUT2D eigenvalue weighted by atomic mass is 16.5. The van der Waals surface area contributed by atoms with Crippen LogP contribution in [0.1, 0.15) is 48.0 Å². The fraction of sp³-hybridized carbons (Fsp3) is 0.524. The third-order valence-corrected chi connectivity index (χ3v) is 4.15. The van der Waals surface area contributed by atoms with Crippen molar-refractivity contribution in [3.8, 4) is 0 Å². The van der Waals surface area contributed by atoms with E-state index in [0.29, 0.717) is 18.2 Å². The van der Waals surface area contributed by atoms with Gasteiger partial charge in [-0.2, -0.15) is 0 Å². The largest absolute Gasteiger partial charge is 0.481 e. The van der Waals surface area contributed by atoms with Crippen molar-refractivity contribution in [1.82, 2.24) is 0 Å². The molecule has 25 heavy (non-hydrogen) atoms. The second kappa shape index (κ2) is 7.42. The second-order valence-electron chi connectivity index (χ2n) is 8.34. The summed E-state index contributed by atoms with van der Waals surface area (Å²) in [6, 6.07) is 0. The van der Waals surface area contributed by atoms with E-state index in [4.69, 9.17) is 9.47 Å². The van der Waals surface area contributed by atoms with Crippen LogP contribution in [0.15, 0.2) is 57.7 Å². The summed E-state index contributed by atoms with van der Waals surface area (Å²) in [5.74, 6) is 1.21. The lowest BCUT2D eigenvalue weighted by Crippen LogP contribution is -2.17. The predicted octanol–water partition coefficient (Wildman–Crippen LogP) is 5.20. The Morgan fingerprint density at radius 2 is 1.64 bits per heavy atom. The van der Waals surface area contributed by atoms with E-state index < -0.39 is 6.23 Å². The normalized spacial score (nSPS) is 21.5. The smallest absolute Gasteiger partial charge is 0.214 e. The van der Waals surface area contributed by atoms with E-state index in [0.717, 1.165) is 5.57 Å². The molecular formula is C21H30N2O2. The number of ether oxygens (including phenoxy) is 2. The van der Waals surface area contributed by atoms with Crippen LogP contribution in [-0.2, 0) is 9.47 Å². The van der Waals surface area contributed by atoms with Gasteiger partial charge in [-0.05, 0) is 34.1 Å². The molecule has 0 bridgehead atoms. The molecule has 0 spiro atoms. The van der Waals surface area contributed by atoms with Crippen molar-refractivity contribution in [1.29, 1.82) is 0 Å². The number of hydrogen-bond donors (Lipinski definition) is 0. The zero-order valence-corrected chi connectivity index (χ0v) is 16.5. The Morgan fingerprint density at radius 1 is 0.960 bits per heavy atom. The molecule has 0 amide bonds. The number of rotatable bonds is 1. The van der Waals surface area contributed by atoms with Gasteiger partial charge < -0.3 is 9.47 Å². The van der Waals surface area contributed by atoms with Crippen molar-refractivity contribution in [2.24, 2.45) is 20.8 Å². The Morgan fingerprint density at radius 3 is 2.24 bits per heavy atom. The molecule has 0 saturated heterocycles. The zero-order chi connectivity index (χ0) is 18.7. The van der Waals surface area contributed by atoms with Gasteiger partial charge >= 0.3 is 0 Å². The summed E-state index contributed by atoms with van der Waals surface area (Å²) in [4.78, 5) is 8.99.